The number of amides is 1. The maximum absolute atomic E-state index is 13.6. The van der Waals surface area contributed by atoms with Crippen LogP contribution in [0.25, 0.3) is 11.4 Å². The summed E-state index contributed by atoms with van der Waals surface area (Å²) in [5.41, 5.74) is 1.96. The SMILES string of the molecule is Cc1ccc(F)cc1N1CC(c2nc(-c3ccc(F)c(Br)c3)no2)CC1=O. The van der Waals surface area contributed by atoms with E-state index in [0.717, 1.165) is 5.56 Å². The first kappa shape index (κ1) is 17.8. The summed E-state index contributed by atoms with van der Waals surface area (Å²) in [6.45, 7) is 2.16. The molecule has 1 aliphatic heterocycles. The van der Waals surface area contributed by atoms with Crippen LogP contribution in [-0.2, 0) is 4.79 Å². The highest BCUT2D eigenvalue weighted by Crippen LogP contribution is 2.34. The monoisotopic (exact) mass is 433 g/mol. The molecule has 1 amide bonds. The second kappa shape index (κ2) is 6.84. The van der Waals surface area contributed by atoms with Crippen molar-refractivity contribution in [2.45, 2.75) is 19.3 Å². The lowest BCUT2D eigenvalue weighted by Crippen LogP contribution is -2.25. The van der Waals surface area contributed by atoms with Crippen LogP contribution in [0.2, 0.25) is 0 Å². The molecule has 1 atom stereocenters. The zero-order valence-corrected chi connectivity index (χ0v) is 15.8. The number of nitrogens with zero attached hydrogens (tertiary/aromatic N) is 3. The third-order valence-corrected chi connectivity index (χ3v) is 5.16. The Bertz CT molecular complexity index is 1040. The average molecular weight is 434 g/mol. The molecule has 1 aromatic heterocycles. The van der Waals surface area contributed by atoms with Gasteiger partial charge in [0, 0.05) is 24.2 Å². The van der Waals surface area contributed by atoms with E-state index < -0.39 is 5.82 Å². The van der Waals surface area contributed by atoms with Gasteiger partial charge >= 0.3 is 0 Å². The minimum absolute atomic E-state index is 0.127. The van der Waals surface area contributed by atoms with E-state index in [1.807, 2.05) is 6.92 Å². The highest BCUT2D eigenvalue weighted by atomic mass is 79.9. The maximum atomic E-state index is 13.6. The lowest BCUT2D eigenvalue weighted by Gasteiger charge is -2.18. The van der Waals surface area contributed by atoms with E-state index >= 15 is 0 Å². The van der Waals surface area contributed by atoms with E-state index in [1.165, 1.54) is 18.2 Å². The third kappa shape index (κ3) is 3.37. The summed E-state index contributed by atoms with van der Waals surface area (Å²) in [6, 6.07) is 8.78. The van der Waals surface area contributed by atoms with Crippen LogP contribution in [0.5, 0.6) is 0 Å². The van der Waals surface area contributed by atoms with Gasteiger partial charge < -0.3 is 9.42 Å². The second-order valence-corrected chi connectivity index (χ2v) is 7.28. The van der Waals surface area contributed by atoms with Gasteiger partial charge in [0.1, 0.15) is 11.6 Å². The van der Waals surface area contributed by atoms with Crippen molar-refractivity contribution in [1.82, 2.24) is 10.1 Å². The predicted octanol–water partition coefficient (Wildman–Crippen LogP) is 4.61. The third-order valence-electron chi connectivity index (χ3n) is 4.56. The highest BCUT2D eigenvalue weighted by molar-refractivity contribution is 9.10. The number of hydrogen-bond donors (Lipinski definition) is 0. The van der Waals surface area contributed by atoms with Crippen LogP contribution in [0, 0.1) is 18.6 Å². The molecule has 0 bridgehead atoms. The molecule has 5 nitrogen and oxygen atoms in total. The first-order chi connectivity index (χ1) is 12.9. The molecular formula is C19H14BrF2N3O2. The second-order valence-electron chi connectivity index (χ2n) is 6.42. The molecular weight excluding hydrogens is 420 g/mol. The summed E-state index contributed by atoms with van der Waals surface area (Å²) >= 11 is 3.13. The highest BCUT2D eigenvalue weighted by Gasteiger charge is 2.36. The molecule has 3 aromatic rings. The number of carbonyl (C=O) groups excluding carboxylic acids is 1. The molecule has 2 aromatic carbocycles. The van der Waals surface area contributed by atoms with E-state index in [1.54, 1.807) is 23.1 Å². The smallest absolute Gasteiger partial charge is 0.232 e. The Morgan fingerprint density at radius 1 is 1.22 bits per heavy atom. The van der Waals surface area contributed by atoms with Crippen LogP contribution < -0.4 is 4.90 Å². The average Bonchev–Trinajstić information content (AvgIpc) is 3.26. The number of halogens is 3. The molecule has 4 rings (SSSR count). The number of aromatic nitrogens is 2. The van der Waals surface area contributed by atoms with Crippen molar-refractivity contribution in [1.29, 1.82) is 0 Å². The number of anilines is 1. The molecule has 138 valence electrons. The standard InChI is InChI=1S/C19H14BrF2N3O2/c1-10-2-4-13(21)8-16(10)25-9-12(7-17(25)26)19-23-18(24-27-19)11-3-5-15(22)14(20)6-11/h2-6,8,12H,7,9H2,1H3. The molecule has 27 heavy (non-hydrogen) atoms. The largest absolute Gasteiger partial charge is 0.339 e. The fourth-order valence-corrected chi connectivity index (χ4v) is 3.51. The first-order valence-electron chi connectivity index (χ1n) is 8.28. The van der Waals surface area contributed by atoms with Gasteiger partial charge in [0.25, 0.3) is 0 Å². The minimum atomic E-state index is -0.395. The number of benzene rings is 2. The lowest BCUT2D eigenvalue weighted by molar-refractivity contribution is -0.117. The molecule has 1 fully saturated rings. The van der Waals surface area contributed by atoms with Gasteiger partial charge in [0.15, 0.2) is 0 Å². The van der Waals surface area contributed by atoms with Crippen molar-refractivity contribution in [2.24, 2.45) is 0 Å². The van der Waals surface area contributed by atoms with Crippen molar-refractivity contribution < 1.29 is 18.1 Å². The Hall–Kier alpha value is -2.61. The van der Waals surface area contributed by atoms with Crippen molar-refractivity contribution in [2.75, 3.05) is 11.4 Å². The van der Waals surface area contributed by atoms with Crippen LogP contribution in [0.4, 0.5) is 14.5 Å². The van der Waals surface area contributed by atoms with Crippen LogP contribution in [-0.4, -0.2) is 22.6 Å². The van der Waals surface area contributed by atoms with E-state index in [-0.39, 0.29) is 24.1 Å². The molecule has 0 spiro atoms. The summed E-state index contributed by atoms with van der Waals surface area (Å²) in [7, 11) is 0. The summed E-state index contributed by atoms with van der Waals surface area (Å²) in [6.07, 6.45) is 0.199. The van der Waals surface area contributed by atoms with Crippen LogP contribution in [0.3, 0.4) is 0 Å². The fraction of sp³-hybridized carbons (Fsp3) is 0.211. The normalized spacial score (nSPS) is 17.0. The van der Waals surface area contributed by atoms with Gasteiger partial charge in [-0.2, -0.15) is 4.98 Å². The summed E-state index contributed by atoms with van der Waals surface area (Å²) in [4.78, 5) is 18.4. The van der Waals surface area contributed by atoms with E-state index in [9.17, 15) is 13.6 Å². The van der Waals surface area contributed by atoms with Gasteiger partial charge in [-0.3, -0.25) is 4.79 Å². The molecule has 0 radical (unpaired) electrons. The van der Waals surface area contributed by atoms with E-state index in [4.69, 9.17) is 4.52 Å². The lowest BCUT2D eigenvalue weighted by atomic mass is 10.1. The summed E-state index contributed by atoms with van der Waals surface area (Å²) < 4.78 is 32.6. The molecule has 1 saturated heterocycles. The van der Waals surface area contributed by atoms with Crippen molar-refractivity contribution in [3.8, 4) is 11.4 Å². The Kier molecular flexibility index (Phi) is 4.51. The predicted molar refractivity (Wildman–Crippen MR) is 98.2 cm³/mol. The van der Waals surface area contributed by atoms with E-state index in [0.29, 0.717) is 34.0 Å². The molecule has 1 aliphatic rings. The van der Waals surface area contributed by atoms with E-state index in [2.05, 4.69) is 26.1 Å². The van der Waals surface area contributed by atoms with Crippen molar-refractivity contribution in [3.05, 3.63) is 64.0 Å². The van der Waals surface area contributed by atoms with Gasteiger partial charge in [0.05, 0.1) is 10.4 Å². The zero-order valence-electron chi connectivity index (χ0n) is 14.2. The topological polar surface area (TPSA) is 59.2 Å². The number of rotatable bonds is 3. The fourth-order valence-electron chi connectivity index (χ4n) is 3.13. The molecule has 2 heterocycles. The van der Waals surface area contributed by atoms with Crippen molar-refractivity contribution in [3.63, 3.8) is 0 Å². The molecule has 8 heteroatoms. The Morgan fingerprint density at radius 2 is 2.04 bits per heavy atom. The zero-order chi connectivity index (χ0) is 19.1. The Balaban J connectivity index is 1.58. The Labute approximate surface area is 162 Å². The van der Waals surface area contributed by atoms with Crippen molar-refractivity contribution >= 4 is 27.5 Å². The van der Waals surface area contributed by atoms with Gasteiger partial charge in [-0.25, -0.2) is 8.78 Å². The Morgan fingerprint density at radius 3 is 2.81 bits per heavy atom. The van der Waals surface area contributed by atoms with Gasteiger partial charge in [-0.1, -0.05) is 11.2 Å². The van der Waals surface area contributed by atoms with Gasteiger partial charge in [-0.15, -0.1) is 0 Å². The minimum Gasteiger partial charge on any atom is -0.339 e. The number of aryl methyl sites for hydroxylation is 1. The molecule has 0 aliphatic carbocycles. The van der Waals surface area contributed by atoms with Crippen LogP contribution in [0.15, 0.2) is 45.4 Å². The molecule has 0 N–H and O–H groups in total. The molecule has 0 saturated carbocycles. The quantitative estimate of drug-likeness (QED) is 0.605. The summed E-state index contributed by atoms with van der Waals surface area (Å²) in [5, 5.41) is 3.94. The molecule has 1 unspecified atom stereocenters. The first-order valence-corrected chi connectivity index (χ1v) is 9.07. The number of hydrogen-bond acceptors (Lipinski definition) is 4. The van der Waals surface area contributed by atoms with Gasteiger partial charge in [-0.05, 0) is 58.7 Å². The maximum Gasteiger partial charge on any atom is 0.232 e. The van der Waals surface area contributed by atoms with Crippen LogP contribution in [0.1, 0.15) is 23.8 Å². The summed E-state index contributed by atoms with van der Waals surface area (Å²) in [5.74, 6) is -0.545. The number of carbonyl (C=O) groups is 1. The van der Waals surface area contributed by atoms with Crippen LogP contribution >= 0.6 is 15.9 Å². The van der Waals surface area contributed by atoms with Gasteiger partial charge in [0.2, 0.25) is 17.6 Å².